The van der Waals surface area contributed by atoms with Gasteiger partial charge in [-0.15, -0.1) is 0 Å². The smallest absolute Gasteiger partial charge is 0.435 e. The highest BCUT2D eigenvalue weighted by molar-refractivity contribution is 5.92. The fourth-order valence-electron chi connectivity index (χ4n) is 2.75. The van der Waals surface area contributed by atoms with Crippen molar-refractivity contribution in [2.24, 2.45) is 0 Å². The van der Waals surface area contributed by atoms with E-state index in [2.05, 4.69) is 10.4 Å². The molecule has 0 fully saturated rings. The number of ether oxygens (including phenoxy) is 2. The van der Waals surface area contributed by atoms with Crippen molar-refractivity contribution in [3.63, 3.8) is 0 Å². The molecule has 3 rings (SSSR count). The average molecular weight is 369 g/mol. The van der Waals surface area contributed by atoms with Gasteiger partial charge in [-0.1, -0.05) is 0 Å². The van der Waals surface area contributed by atoms with E-state index in [9.17, 15) is 18.0 Å². The zero-order valence-electron chi connectivity index (χ0n) is 14.3. The Balaban J connectivity index is 1.74. The van der Waals surface area contributed by atoms with Crippen LogP contribution in [0.1, 0.15) is 25.1 Å². The summed E-state index contributed by atoms with van der Waals surface area (Å²) in [5.41, 5.74) is 0.356. The molecule has 0 saturated carbocycles. The first kappa shape index (κ1) is 18.1. The number of rotatable bonds is 5. The number of nitrogens with zero attached hydrogens (tertiary/aromatic N) is 2. The van der Waals surface area contributed by atoms with Crippen LogP contribution in [0.25, 0.3) is 0 Å². The second-order valence-corrected chi connectivity index (χ2v) is 5.97. The molecule has 1 aromatic heterocycles. The van der Waals surface area contributed by atoms with E-state index in [1.165, 1.54) is 0 Å². The van der Waals surface area contributed by atoms with Crippen molar-refractivity contribution < 1.29 is 27.4 Å². The lowest BCUT2D eigenvalue weighted by molar-refractivity contribution is -0.141. The van der Waals surface area contributed by atoms with Crippen LogP contribution < -0.4 is 14.8 Å². The molecule has 0 bridgehead atoms. The predicted octanol–water partition coefficient (Wildman–Crippen LogP) is 3.26. The van der Waals surface area contributed by atoms with Crippen LogP contribution in [0.3, 0.4) is 0 Å². The van der Waals surface area contributed by atoms with Crippen molar-refractivity contribution in [1.29, 1.82) is 0 Å². The molecule has 0 radical (unpaired) electrons. The van der Waals surface area contributed by atoms with Crippen molar-refractivity contribution >= 4 is 11.6 Å². The van der Waals surface area contributed by atoms with Gasteiger partial charge < -0.3 is 14.8 Å². The van der Waals surface area contributed by atoms with E-state index in [1.807, 2.05) is 19.9 Å². The van der Waals surface area contributed by atoms with Gasteiger partial charge in [-0.05, 0) is 26.0 Å². The van der Waals surface area contributed by atoms with Crippen molar-refractivity contribution in [1.82, 2.24) is 9.78 Å². The van der Waals surface area contributed by atoms with Crippen molar-refractivity contribution in [3.8, 4) is 11.5 Å². The summed E-state index contributed by atoms with van der Waals surface area (Å²) >= 11 is 0. The van der Waals surface area contributed by atoms with Gasteiger partial charge in [0.05, 0.1) is 12.3 Å². The van der Waals surface area contributed by atoms with Crippen LogP contribution in [-0.4, -0.2) is 28.4 Å². The second kappa shape index (κ2) is 6.89. The third-order valence-electron chi connectivity index (χ3n) is 3.81. The van der Waals surface area contributed by atoms with Crippen LogP contribution in [0.5, 0.6) is 11.5 Å². The Labute approximate surface area is 147 Å². The summed E-state index contributed by atoms with van der Waals surface area (Å²) in [6.07, 6.45) is -2.65. The first-order chi connectivity index (χ1) is 12.3. The number of amides is 1. The van der Waals surface area contributed by atoms with E-state index >= 15 is 0 Å². The van der Waals surface area contributed by atoms with Gasteiger partial charge in [-0.25, -0.2) is 0 Å². The maximum atomic E-state index is 12.6. The predicted molar refractivity (Wildman–Crippen MR) is 87.3 cm³/mol. The Morgan fingerprint density at radius 3 is 2.88 bits per heavy atom. The molecule has 1 aliphatic rings. The number of alkyl halides is 3. The number of anilines is 1. The Morgan fingerprint density at radius 2 is 2.23 bits per heavy atom. The molecule has 140 valence electrons. The maximum Gasteiger partial charge on any atom is 0.435 e. The van der Waals surface area contributed by atoms with Crippen molar-refractivity contribution in [3.05, 3.63) is 35.7 Å². The topological polar surface area (TPSA) is 65.4 Å². The van der Waals surface area contributed by atoms with E-state index in [0.29, 0.717) is 23.8 Å². The van der Waals surface area contributed by atoms with Gasteiger partial charge in [-0.2, -0.15) is 18.3 Å². The minimum Gasteiger partial charge on any atom is -0.492 e. The summed E-state index contributed by atoms with van der Waals surface area (Å²) in [5, 5.41) is 6.01. The van der Waals surface area contributed by atoms with Crippen LogP contribution in [0.4, 0.5) is 18.9 Å². The third kappa shape index (κ3) is 3.92. The van der Waals surface area contributed by atoms with E-state index in [0.717, 1.165) is 28.9 Å². The molecule has 1 amide bonds. The molecule has 2 aromatic rings. The quantitative estimate of drug-likeness (QED) is 0.879. The van der Waals surface area contributed by atoms with Gasteiger partial charge in [0.1, 0.15) is 24.1 Å². The monoisotopic (exact) mass is 369 g/mol. The number of aromatic nitrogens is 2. The van der Waals surface area contributed by atoms with Crippen molar-refractivity contribution in [2.75, 3.05) is 11.9 Å². The zero-order chi connectivity index (χ0) is 18.9. The molecule has 1 aliphatic heterocycles. The summed E-state index contributed by atoms with van der Waals surface area (Å²) < 4.78 is 49.9. The normalized spacial score (nSPS) is 16.1. The summed E-state index contributed by atoms with van der Waals surface area (Å²) in [7, 11) is 0. The molecule has 9 heteroatoms. The van der Waals surface area contributed by atoms with Crippen LogP contribution in [0, 0.1) is 0 Å². The molecule has 1 atom stereocenters. The number of fused-ring (bicyclic) bond motifs is 1. The summed E-state index contributed by atoms with van der Waals surface area (Å²) in [6, 6.07) is 4.31. The average Bonchev–Trinajstić information content (AvgIpc) is 3.13. The number of halogens is 3. The lowest BCUT2D eigenvalue weighted by Crippen LogP contribution is -2.20. The molecular formula is C17H18F3N3O3. The van der Waals surface area contributed by atoms with E-state index < -0.39 is 17.8 Å². The minimum atomic E-state index is -4.54. The highest BCUT2D eigenvalue weighted by Gasteiger charge is 2.33. The number of hydrogen-bond acceptors (Lipinski definition) is 4. The Morgan fingerprint density at radius 1 is 1.46 bits per heavy atom. The summed E-state index contributed by atoms with van der Waals surface area (Å²) in [6.45, 7) is 3.82. The standard InChI is InChI=1S/C17H18F3N3O3/c1-3-25-14-7-11-6-10(2)26-13(11)8-12(14)21-16(24)9-23-5-4-15(22-23)17(18,19)20/h4-5,7-8,10H,3,6,9H2,1-2H3,(H,21,24). The van der Waals surface area contributed by atoms with Crippen LogP contribution in [-0.2, 0) is 23.9 Å². The Kier molecular flexibility index (Phi) is 4.80. The molecule has 0 saturated heterocycles. The highest BCUT2D eigenvalue weighted by atomic mass is 19.4. The van der Waals surface area contributed by atoms with Gasteiger partial charge in [-0.3, -0.25) is 9.48 Å². The molecule has 0 aliphatic carbocycles. The number of carbonyl (C=O) groups is 1. The summed E-state index contributed by atoms with van der Waals surface area (Å²) in [5.74, 6) is 0.636. The van der Waals surface area contributed by atoms with E-state index in [4.69, 9.17) is 9.47 Å². The number of benzene rings is 1. The molecule has 6 nitrogen and oxygen atoms in total. The van der Waals surface area contributed by atoms with E-state index in [-0.39, 0.29) is 12.6 Å². The van der Waals surface area contributed by atoms with Crippen LogP contribution in [0.15, 0.2) is 24.4 Å². The Bertz CT molecular complexity index is 817. The zero-order valence-corrected chi connectivity index (χ0v) is 14.3. The van der Waals surface area contributed by atoms with E-state index in [1.54, 1.807) is 6.07 Å². The lowest BCUT2D eigenvalue weighted by Gasteiger charge is -2.13. The number of nitrogens with one attached hydrogen (secondary N) is 1. The van der Waals surface area contributed by atoms with Gasteiger partial charge >= 0.3 is 6.18 Å². The Hall–Kier alpha value is -2.71. The molecule has 1 aromatic carbocycles. The van der Waals surface area contributed by atoms with Crippen molar-refractivity contribution in [2.45, 2.75) is 39.1 Å². The minimum absolute atomic E-state index is 0.0373. The lowest BCUT2D eigenvalue weighted by atomic mass is 10.1. The first-order valence-corrected chi connectivity index (χ1v) is 8.13. The van der Waals surface area contributed by atoms with Gasteiger partial charge in [0, 0.05) is 24.2 Å². The maximum absolute atomic E-state index is 12.6. The fraction of sp³-hybridized carbons (Fsp3) is 0.412. The van der Waals surface area contributed by atoms with Gasteiger partial charge in [0.2, 0.25) is 5.91 Å². The van der Waals surface area contributed by atoms with Crippen LogP contribution >= 0.6 is 0 Å². The second-order valence-electron chi connectivity index (χ2n) is 5.97. The SMILES string of the molecule is CCOc1cc2c(cc1NC(=O)Cn1ccc(C(F)(F)F)n1)OC(C)C2. The number of carbonyl (C=O) groups excluding carboxylic acids is 1. The van der Waals surface area contributed by atoms with Gasteiger partial charge in [0.25, 0.3) is 0 Å². The molecule has 2 heterocycles. The fourth-order valence-corrected chi connectivity index (χ4v) is 2.75. The van der Waals surface area contributed by atoms with Gasteiger partial charge in [0.15, 0.2) is 5.69 Å². The molecule has 26 heavy (non-hydrogen) atoms. The summed E-state index contributed by atoms with van der Waals surface area (Å²) in [4.78, 5) is 12.2. The molecular weight excluding hydrogens is 351 g/mol. The molecule has 1 unspecified atom stereocenters. The third-order valence-corrected chi connectivity index (χ3v) is 3.81. The largest absolute Gasteiger partial charge is 0.492 e. The molecule has 0 spiro atoms. The van der Waals surface area contributed by atoms with Crippen LogP contribution in [0.2, 0.25) is 0 Å². The highest BCUT2D eigenvalue weighted by Crippen LogP contribution is 2.38. The first-order valence-electron chi connectivity index (χ1n) is 8.13. The number of hydrogen-bond donors (Lipinski definition) is 1. The molecule has 1 N–H and O–H groups in total.